The van der Waals surface area contributed by atoms with Gasteiger partial charge in [0.25, 0.3) is 0 Å². The van der Waals surface area contributed by atoms with Gasteiger partial charge in [0.05, 0.1) is 0 Å². The van der Waals surface area contributed by atoms with Crippen LogP contribution in [-0.4, -0.2) is 29.2 Å². The summed E-state index contributed by atoms with van der Waals surface area (Å²) in [5.74, 6) is 2.40. The zero-order valence-corrected chi connectivity index (χ0v) is 12.9. The molecule has 0 saturated heterocycles. The van der Waals surface area contributed by atoms with Crippen molar-refractivity contribution in [3.05, 3.63) is 29.8 Å². The highest BCUT2D eigenvalue weighted by atomic mass is 32.3. The van der Waals surface area contributed by atoms with Gasteiger partial charge in [0.1, 0.15) is 5.75 Å². The minimum Gasteiger partial charge on any atom is -0.508 e. The molecule has 0 spiro atoms. The van der Waals surface area contributed by atoms with Crippen LogP contribution in [0.2, 0.25) is 0 Å². The van der Waals surface area contributed by atoms with Crippen molar-refractivity contribution < 1.29 is 5.11 Å². The van der Waals surface area contributed by atoms with Crippen LogP contribution in [0.25, 0.3) is 0 Å². The number of phenolic OH excluding ortho intramolecular Hbond substituents is 1. The number of phenols is 1. The lowest BCUT2D eigenvalue weighted by molar-refractivity contribution is 0.464. The van der Waals surface area contributed by atoms with Crippen molar-refractivity contribution >= 4 is 10.0 Å². The van der Waals surface area contributed by atoms with Crippen molar-refractivity contribution in [2.75, 3.05) is 24.1 Å². The summed E-state index contributed by atoms with van der Waals surface area (Å²) in [7, 11) is -0.593. The molecule has 0 saturated carbocycles. The molecule has 1 rings (SSSR count). The van der Waals surface area contributed by atoms with E-state index < -0.39 is 10.0 Å². The second kappa shape index (κ2) is 5.98. The molecule has 0 aromatic heterocycles. The third kappa shape index (κ3) is 4.54. The predicted molar refractivity (Wildman–Crippen MR) is 83.7 cm³/mol. The van der Waals surface area contributed by atoms with Gasteiger partial charge in [-0.25, -0.2) is 10.0 Å². The van der Waals surface area contributed by atoms with Gasteiger partial charge in [-0.15, -0.1) is 0 Å². The molecule has 104 valence electrons. The summed E-state index contributed by atoms with van der Waals surface area (Å²) in [5, 5.41) is 9.33. The van der Waals surface area contributed by atoms with Crippen LogP contribution in [0.3, 0.4) is 0 Å². The van der Waals surface area contributed by atoms with Gasteiger partial charge in [0, 0.05) is 5.88 Å². The fraction of sp³-hybridized carbons (Fsp3) is 0.600. The van der Waals surface area contributed by atoms with Gasteiger partial charge in [0.2, 0.25) is 0 Å². The maximum atomic E-state index is 9.33. The molecule has 3 heteroatoms. The van der Waals surface area contributed by atoms with Gasteiger partial charge in [-0.2, -0.15) is 0 Å². The second-order valence-corrected chi connectivity index (χ2v) is 10.4. The Morgan fingerprint density at radius 3 is 2.22 bits per heavy atom. The van der Waals surface area contributed by atoms with Gasteiger partial charge in [-0.1, -0.05) is 26.0 Å². The van der Waals surface area contributed by atoms with E-state index in [0.717, 1.165) is 12.3 Å². The number of rotatable bonds is 6. The van der Waals surface area contributed by atoms with Crippen LogP contribution in [-0.2, 0) is 5.41 Å². The second-order valence-electron chi connectivity index (χ2n) is 6.17. The summed E-state index contributed by atoms with van der Waals surface area (Å²) in [6, 6.07) is 7.59. The molecule has 0 fully saturated rings. The summed E-state index contributed by atoms with van der Waals surface area (Å²) in [4.78, 5) is 0. The molecule has 1 aromatic carbocycles. The van der Waals surface area contributed by atoms with E-state index in [-0.39, 0.29) is 5.41 Å². The molecule has 0 heterocycles. The minimum absolute atomic E-state index is 0.165. The Labute approximate surface area is 113 Å². The smallest absolute Gasteiger partial charge is 0.115 e. The molecule has 2 nitrogen and oxygen atoms in total. The number of aromatic hydroxyl groups is 1. The quantitative estimate of drug-likeness (QED) is 0.831. The normalized spacial score (nSPS) is 13.6. The first-order valence-electron chi connectivity index (χ1n) is 6.45. The topological polar surface area (TPSA) is 46.2 Å². The maximum Gasteiger partial charge on any atom is 0.115 e. The van der Waals surface area contributed by atoms with Crippen molar-refractivity contribution in [2.45, 2.75) is 32.1 Å². The zero-order chi connectivity index (χ0) is 13.8. The van der Waals surface area contributed by atoms with Crippen LogP contribution in [0.5, 0.6) is 5.75 Å². The third-order valence-corrected chi connectivity index (χ3v) is 5.89. The number of hydrogen-bond donors (Lipinski definition) is 2. The summed E-state index contributed by atoms with van der Waals surface area (Å²) in [5.41, 5.74) is 7.25. The van der Waals surface area contributed by atoms with E-state index in [0.29, 0.717) is 5.75 Å². The van der Waals surface area contributed by atoms with Crippen LogP contribution >= 0.6 is 10.0 Å². The lowest BCUT2D eigenvalue weighted by Gasteiger charge is -2.32. The van der Waals surface area contributed by atoms with Gasteiger partial charge < -0.3 is 10.8 Å². The van der Waals surface area contributed by atoms with E-state index in [1.165, 1.54) is 17.7 Å². The predicted octanol–water partition coefficient (Wildman–Crippen LogP) is 3.43. The Kier molecular flexibility index (Phi) is 5.11. The number of nitrogens with two attached hydrogens (primary N) is 1. The first-order chi connectivity index (χ1) is 8.27. The van der Waals surface area contributed by atoms with Crippen molar-refractivity contribution in [2.24, 2.45) is 5.73 Å². The lowest BCUT2D eigenvalue weighted by atomic mass is 9.81. The molecule has 0 aliphatic carbocycles. The van der Waals surface area contributed by atoms with E-state index >= 15 is 0 Å². The summed E-state index contributed by atoms with van der Waals surface area (Å²) in [6.07, 6.45) is 6.99. The Bertz CT molecular complexity index is 371. The number of benzene rings is 1. The summed E-state index contributed by atoms with van der Waals surface area (Å²) < 4.78 is 0. The van der Waals surface area contributed by atoms with Crippen molar-refractivity contribution in [1.29, 1.82) is 0 Å². The average Bonchev–Trinajstić information content (AvgIpc) is 2.29. The van der Waals surface area contributed by atoms with Crippen molar-refractivity contribution in [1.82, 2.24) is 0 Å². The van der Waals surface area contributed by atoms with E-state index in [1.54, 1.807) is 12.1 Å². The Hall–Kier alpha value is -0.670. The molecule has 0 unspecified atom stereocenters. The highest BCUT2D eigenvalue weighted by Crippen LogP contribution is 2.40. The highest BCUT2D eigenvalue weighted by Gasteiger charge is 2.21. The van der Waals surface area contributed by atoms with Gasteiger partial charge in [-0.05, 0) is 54.2 Å². The molecule has 0 atom stereocenters. The monoisotopic (exact) mass is 269 g/mol. The standard InChI is InChI=1S/C15H27NOS/c1-15(2,10-5-11-18(3,4)12-16)13-6-8-14(17)9-7-13/h6-9,17H,5,10-12,16H2,1-4H3. The lowest BCUT2D eigenvalue weighted by Crippen LogP contribution is -2.19. The molecule has 0 aliphatic heterocycles. The molecule has 18 heavy (non-hydrogen) atoms. The van der Waals surface area contributed by atoms with Crippen LogP contribution in [0.4, 0.5) is 0 Å². The summed E-state index contributed by atoms with van der Waals surface area (Å²) in [6.45, 7) is 4.54. The Morgan fingerprint density at radius 2 is 1.72 bits per heavy atom. The summed E-state index contributed by atoms with van der Waals surface area (Å²) >= 11 is 0. The third-order valence-electron chi connectivity index (χ3n) is 3.60. The van der Waals surface area contributed by atoms with E-state index in [9.17, 15) is 5.11 Å². The molecule has 0 radical (unpaired) electrons. The molecule has 0 bridgehead atoms. The molecule has 3 N–H and O–H groups in total. The van der Waals surface area contributed by atoms with Gasteiger partial charge >= 0.3 is 0 Å². The first-order valence-corrected chi connectivity index (χ1v) is 9.24. The van der Waals surface area contributed by atoms with Crippen LogP contribution in [0.1, 0.15) is 32.3 Å². The van der Waals surface area contributed by atoms with Gasteiger partial charge in [0.15, 0.2) is 0 Å². The van der Waals surface area contributed by atoms with Gasteiger partial charge in [-0.3, -0.25) is 0 Å². The minimum atomic E-state index is -0.593. The van der Waals surface area contributed by atoms with E-state index in [2.05, 4.69) is 26.4 Å². The average molecular weight is 269 g/mol. The van der Waals surface area contributed by atoms with E-state index in [1.807, 2.05) is 12.1 Å². The maximum absolute atomic E-state index is 9.33. The largest absolute Gasteiger partial charge is 0.508 e. The van der Waals surface area contributed by atoms with Crippen molar-refractivity contribution in [3.63, 3.8) is 0 Å². The fourth-order valence-electron chi connectivity index (χ4n) is 2.05. The Balaban J connectivity index is 2.57. The highest BCUT2D eigenvalue weighted by molar-refractivity contribution is 8.32. The van der Waals surface area contributed by atoms with Crippen molar-refractivity contribution in [3.8, 4) is 5.75 Å². The first kappa shape index (κ1) is 15.4. The zero-order valence-electron chi connectivity index (χ0n) is 12.1. The Morgan fingerprint density at radius 1 is 1.17 bits per heavy atom. The van der Waals surface area contributed by atoms with E-state index in [4.69, 9.17) is 5.73 Å². The molecule has 0 amide bonds. The fourth-order valence-corrected chi connectivity index (χ4v) is 3.14. The molecular formula is C15H27NOS. The van der Waals surface area contributed by atoms with Crippen LogP contribution < -0.4 is 5.73 Å². The number of hydrogen-bond acceptors (Lipinski definition) is 2. The van der Waals surface area contributed by atoms with Crippen LogP contribution in [0, 0.1) is 0 Å². The molecule has 1 aromatic rings. The SMILES string of the molecule is CC(C)(CCCS(C)(C)CN)c1ccc(O)cc1. The molecule has 0 aliphatic rings. The molecular weight excluding hydrogens is 242 g/mol. The van der Waals surface area contributed by atoms with Crippen LogP contribution in [0.15, 0.2) is 24.3 Å².